The first-order valence-electron chi connectivity index (χ1n) is 9.39. The largest absolute Gasteiger partial charge is 0.381 e. The zero-order valence-electron chi connectivity index (χ0n) is 16.1. The molecule has 2 aromatic carbocycles. The Morgan fingerprint density at radius 1 is 1.10 bits per heavy atom. The molecule has 1 aliphatic rings. The fourth-order valence-electron chi connectivity index (χ4n) is 3.53. The molecule has 8 nitrogen and oxygen atoms in total. The predicted molar refractivity (Wildman–Crippen MR) is 108 cm³/mol. The van der Waals surface area contributed by atoms with Gasteiger partial charge in [0.15, 0.2) is 0 Å². The van der Waals surface area contributed by atoms with Gasteiger partial charge in [-0.3, -0.25) is 19.7 Å². The summed E-state index contributed by atoms with van der Waals surface area (Å²) in [5, 5.41) is 16.2. The van der Waals surface area contributed by atoms with Crippen LogP contribution in [0.1, 0.15) is 24.0 Å². The number of nitrogens with zero attached hydrogens (tertiary/aromatic N) is 1. The third-order valence-corrected chi connectivity index (χ3v) is 5.23. The molecule has 0 spiro atoms. The van der Waals surface area contributed by atoms with Crippen molar-refractivity contribution in [2.75, 3.05) is 25.1 Å². The number of nitro benzene ring substituents is 1. The molecule has 1 saturated heterocycles. The minimum absolute atomic E-state index is 0.00964. The van der Waals surface area contributed by atoms with Crippen molar-refractivity contribution in [1.82, 2.24) is 5.32 Å². The number of hydrogen-bond donors (Lipinski definition) is 2. The number of hydrogen-bond acceptors (Lipinski definition) is 5. The van der Waals surface area contributed by atoms with E-state index < -0.39 is 16.7 Å². The average Bonchev–Trinajstić information content (AvgIpc) is 2.74. The number of nitrogens with one attached hydrogen (secondary N) is 2. The summed E-state index contributed by atoms with van der Waals surface area (Å²) >= 11 is 0. The van der Waals surface area contributed by atoms with E-state index in [0.717, 1.165) is 18.4 Å². The summed E-state index contributed by atoms with van der Waals surface area (Å²) in [7, 11) is 0. The molecule has 0 atom stereocenters. The van der Waals surface area contributed by atoms with Gasteiger partial charge >= 0.3 is 11.8 Å². The minimum Gasteiger partial charge on any atom is -0.381 e. The van der Waals surface area contributed by atoms with Crippen LogP contribution in [0.4, 0.5) is 11.4 Å². The van der Waals surface area contributed by atoms with E-state index in [1.165, 1.54) is 12.1 Å². The number of amides is 2. The van der Waals surface area contributed by atoms with Gasteiger partial charge in [-0.05, 0) is 37.0 Å². The zero-order valence-corrected chi connectivity index (χ0v) is 16.1. The fourth-order valence-corrected chi connectivity index (χ4v) is 3.53. The molecular weight excluding hydrogens is 374 g/mol. The Balaban J connectivity index is 1.69. The maximum atomic E-state index is 12.4. The van der Waals surface area contributed by atoms with Gasteiger partial charge in [-0.2, -0.15) is 0 Å². The molecule has 0 aliphatic carbocycles. The molecule has 8 heteroatoms. The van der Waals surface area contributed by atoms with E-state index in [1.807, 2.05) is 30.3 Å². The van der Waals surface area contributed by atoms with Gasteiger partial charge in [0, 0.05) is 31.2 Å². The lowest BCUT2D eigenvalue weighted by molar-refractivity contribution is -0.384. The minimum atomic E-state index is -0.938. The Kier molecular flexibility index (Phi) is 6.23. The molecule has 152 valence electrons. The number of aryl methyl sites for hydroxylation is 1. The number of carbonyl (C=O) groups excluding carboxylic acids is 2. The molecular formula is C21H23N3O5. The van der Waals surface area contributed by atoms with E-state index in [4.69, 9.17) is 4.74 Å². The van der Waals surface area contributed by atoms with E-state index >= 15 is 0 Å². The molecule has 2 aromatic rings. The summed E-state index contributed by atoms with van der Waals surface area (Å²) in [4.78, 5) is 35.3. The van der Waals surface area contributed by atoms with Crippen molar-refractivity contribution in [3.8, 4) is 0 Å². The van der Waals surface area contributed by atoms with Crippen LogP contribution in [-0.2, 0) is 19.7 Å². The van der Waals surface area contributed by atoms with Gasteiger partial charge in [0.2, 0.25) is 0 Å². The van der Waals surface area contributed by atoms with Crippen LogP contribution >= 0.6 is 0 Å². The first-order chi connectivity index (χ1) is 13.9. The smallest absolute Gasteiger partial charge is 0.313 e. The maximum Gasteiger partial charge on any atom is 0.313 e. The zero-order chi connectivity index (χ0) is 20.9. The van der Waals surface area contributed by atoms with Crippen molar-refractivity contribution >= 4 is 23.2 Å². The van der Waals surface area contributed by atoms with Crippen LogP contribution in [-0.4, -0.2) is 36.5 Å². The van der Waals surface area contributed by atoms with Crippen LogP contribution in [0.15, 0.2) is 48.5 Å². The SMILES string of the molecule is Cc1ccc(NC(=O)C(=O)NCC2(c3ccccc3)CCOCC2)c([N+](=O)[O-])c1. The van der Waals surface area contributed by atoms with Crippen LogP contribution in [0.5, 0.6) is 0 Å². The van der Waals surface area contributed by atoms with E-state index in [2.05, 4.69) is 10.6 Å². The number of ether oxygens (including phenoxy) is 1. The number of nitro groups is 1. The Labute approximate surface area is 168 Å². The van der Waals surface area contributed by atoms with Crippen molar-refractivity contribution in [1.29, 1.82) is 0 Å². The number of anilines is 1. The first-order valence-corrected chi connectivity index (χ1v) is 9.39. The lowest BCUT2D eigenvalue weighted by atomic mass is 9.74. The molecule has 29 heavy (non-hydrogen) atoms. The molecule has 1 aliphatic heterocycles. The Morgan fingerprint density at radius 2 is 1.79 bits per heavy atom. The van der Waals surface area contributed by atoms with Crippen LogP contribution in [0.2, 0.25) is 0 Å². The molecule has 1 fully saturated rings. The fraction of sp³-hybridized carbons (Fsp3) is 0.333. The second-order valence-corrected chi connectivity index (χ2v) is 7.17. The molecule has 0 bridgehead atoms. The van der Waals surface area contributed by atoms with E-state index in [1.54, 1.807) is 13.0 Å². The lowest BCUT2D eigenvalue weighted by Crippen LogP contribution is -2.47. The summed E-state index contributed by atoms with van der Waals surface area (Å²) in [6.07, 6.45) is 1.45. The summed E-state index contributed by atoms with van der Waals surface area (Å²) < 4.78 is 5.47. The van der Waals surface area contributed by atoms with Crippen molar-refractivity contribution in [3.05, 3.63) is 69.8 Å². The van der Waals surface area contributed by atoms with Crippen LogP contribution in [0.25, 0.3) is 0 Å². The van der Waals surface area contributed by atoms with Gasteiger partial charge in [0.25, 0.3) is 5.69 Å². The average molecular weight is 397 g/mol. The van der Waals surface area contributed by atoms with E-state index in [-0.39, 0.29) is 23.3 Å². The summed E-state index contributed by atoms with van der Waals surface area (Å²) in [5.74, 6) is -1.77. The van der Waals surface area contributed by atoms with Gasteiger partial charge in [-0.15, -0.1) is 0 Å². The molecule has 2 N–H and O–H groups in total. The highest BCUT2D eigenvalue weighted by Crippen LogP contribution is 2.34. The summed E-state index contributed by atoms with van der Waals surface area (Å²) in [5.41, 5.74) is 1.19. The normalized spacial score (nSPS) is 15.3. The highest BCUT2D eigenvalue weighted by Gasteiger charge is 2.35. The topological polar surface area (TPSA) is 111 Å². The third kappa shape index (κ3) is 4.78. The first kappa shape index (κ1) is 20.5. The van der Waals surface area contributed by atoms with Crippen molar-refractivity contribution in [2.45, 2.75) is 25.2 Å². The third-order valence-electron chi connectivity index (χ3n) is 5.23. The van der Waals surface area contributed by atoms with E-state index in [9.17, 15) is 19.7 Å². The van der Waals surface area contributed by atoms with Gasteiger partial charge in [-0.25, -0.2) is 0 Å². The van der Waals surface area contributed by atoms with Gasteiger partial charge < -0.3 is 15.4 Å². The van der Waals surface area contributed by atoms with E-state index in [0.29, 0.717) is 18.8 Å². The monoisotopic (exact) mass is 397 g/mol. The lowest BCUT2D eigenvalue weighted by Gasteiger charge is -2.37. The van der Waals surface area contributed by atoms with Crippen LogP contribution in [0, 0.1) is 17.0 Å². The van der Waals surface area contributed by atoms with Gasteiger partial charge in [-0.1, -0.05) is 36.4 Å². The Morgan fingerprint density at radius 3 is 2.45 bits per heavy atom. The summed E-state index contributed by atoms with van der Waals surface area (Å²) in [6.45, 7) is 3.14. The highest BCUT2D eigenvalue weighted by atomic mass is 16.6. The number of carbonyl (C=O) groups is 2. The van der Waals surface area contributed by atoms with Gasteiger partial charge in [0.1, 0.15) is 5.69 Å². The highest BCUT2D eigenvalue weighted by molar-refractivity contribution is 6.39. The van der Waals surface area contributed by atoms with Crippen molar-refractivity contribution < 1.29 is 19.2 Å². The Hall–Kier alpha value is -3.26. The molecule has 1 heterocycles. The second kappa shape index (κ2) is 8.83. The predicted octanol–water partition coefficient (Wildman–Crippen LogP) is 2.71. The molecule has 2 amide bonds. The van der Waals surface area contributed by atoms with Crippen molar-refractivity contribution in [3.63, 3.8) is 0 Å². The maximum absolute atomic E-state index is 12.4. The molecule has 0 radical (unpaired) electrons. The molecule has 3 rings (SSSR count). The number of rotatable bonds is 5. The van der Waals surface area contributed by atoms with Crippen LogP contribution in [0.3, 0.4) is 0 Å². The number of benzene rings is 2. The molecule has 0 saturated carbocycles. The standard InChI is InChI=1S/C21H23N3O5/c1-15-7-8-17(18(13-15)24(27)28)23-20(26)19(25)22-14-21(9-11-29-12-10-21)16-5-3-2-4-6-16/h2-8,13H,9-12,14H2,1H3,(H,22,25)(H,23,26). The van der Waals surface area contributed by atoms with Crippen molar-refractivity contribution in [2.24, 2.45) is 0 Å². The van der Waals surface area contributed by atoms with Crippen LogP contribution < -0.4 is 10.6 Å². The molecule has 0 unspecified atom stereocenters. The molecule has 0 aromatic heterocycles. The summed E-state index contributed by atoms with van der Waals surface area (Å²) in [6, 6.07) is 14.2. The van der Waals surface area contributed by atoms with Gasteiger partial charge in [0.05, 0.1) is 4.92 Å². The quantitative estimate of drug-likeness (QED) is 0.458. The second-order valence-electron chi connectivity index (χ2n) is 7.17. The Bertz CT molecular complexity index is 908.